The first-order chi connectivity index (χ1) is 9.10. The van der Waals surface area contributed by atoms with Crippen LogP contribution in [-0.2, 0) is 6.61 Å². The molecule has 1 N–H and O–H groups in total. The maximum Gasteiger partial charge on any atom is 0.272 e. The predicted molar refractivity (Wildman–Crippen MR) is 69.5 cm³/mol. The Bertz CT molecular complexity index is 601. The Kier molecular flexibility index (Phi) is 4.13. The second-order valence-corrected chi connectivity index (χ2v) is 4.89. The Morgan fingerprint density at radius 3 is 2.42 bits per heavy atom. The third-order valence-corrected chi connectivity index (χ3v) is 3.52. The summed E-state index contributed by atoms with van der Waals surface area (Å²) in [5, 5.41) is 19.4. The van der Waals surface area contributed by atoms with Gasteiger partial charge in [-0.3, -0.25) is 10.1 Å². The van der Waals surface area contributed by atoms with Crippen LogP contribution in [0.3, 0.4) is 0 Å². The Balaban J connectivity index is 2.20. The number of rotatable bonds is 4. The minimum atomic E-state index is -0.631. The van der Waals surface area contributed by atoms with Crippen molar-refractivity contribution in [3.05, 3.63) is 64.0 Å². The Hall–Kier alpha value is -1.92. The smallest absolute Gasteiger partial charge is 0.272 e. The fourth-order valence-corrected chi connectivity index (χ4v) is 2.29. The van der Waals surface area contributed by atoms with Gasteiger partial charge in [-0.05, 0) is 23.8 Å². The number of nitro groups is 1. The average molecular weight is 279 g/mol. The zero-order chi connectivity index (χ0) is 13.8. The molecule has 0 fully saturated rings. The normalized spacial score (nSPS) is 10.4. The van der Waals surface area contributed by atoms with Crippen LogP contribution in [0.25, 0.3) is 0 Å². The molecule has 19 heavy (non-hydrogen) atoms. The molecule has 0 atom stereocenters. The van der Waals surface area contributed by atoms with Crippen LogP contribution in [0.2, 0.25) is 0 Å². The van der Waals surface area contributed by atoms with Gasteiger partial charge in [-0.2, -0.15) is 0 Å². The quantitative estimate of drug-likeness (QED) is 0.688. The summed E-state index contributed by atoms with van der Waals surface area (Å²) in [6.07, 6.45) is 0. The molecule has 0 saturated heterocycles. The Morgan fingerprint density at radius 2 is 1.89 bits per heavy atom. The van der Waals surface area contributed by atoms with Crippen LogP contribution >= 0.6 is 11.8 Å². The lowest BCUT2D eigenvalue weighted by Gasteiger charge is -2.04. The van der Waals surface area contributed by atoms with Crippen LogP contribution in [0.5, 0.6) is 0 Å². The van der Waals surface area contributed by atoms with E-state index in [-0.39, 0.29) is 12.3 Å². The van der Waals surface area contributed by atoms with Gasteiger partial charge in [0.05, 0.1) is 17.6 Å². The Labute approximate surface area is 113 Å². The van der Waals surface area contributed by atoms with Gasteiger partial charge in [-0.1, -0.05) is 23.9 Å². The summed E-state index contributed by atoms with van der Waals surface area (Å²) in [7, 11) is 0. The molecule has 0 amide bonds. The fourth-order valence-electron chi connectivity index (χ4n) is 1.48. The van der Waals surface area contributed by atoms with Gasteiger partial charge >= 0.3 is 0 Å². The summed E-state index contributed by atoms with van der Waals surface area (Å²) in [5.74, 6) is -0.620. The summed E-state index contributed by atoms with van der Waals surface area (Å²) >= 11 is 1.17. The second kappa shape index (κ2) is 5.81. The van der Waals surface area contributed by atoms with Crippen molar-refractivity contribution >= 4 is 17.4 Å². The van der Waals surface area contributed by atoms with E-state index in [1.165, 1.54) is 23.9 Å². The van der Waals surface area contributed by atoms with Crippen molar-refractivity contribution in [3.8, 4) is 0 Å². The number of halogens is 1. The van der Waals surface area contributed by atoms with E-state index in [1.54, 1.807) is 24.3 Å². The number of benzene rings is 2. The molecular formula is C13H10FNO3S. The first kappa shape index (κ1) is 13.5. The summed E-state index contributed by atoms with van der Waals surface area (Å²) in [6.45, 7) is -0.0448. The van der Waals surface area contributed by atoms with Gasteiger partial charge in [0, 0.05) is 15.9 Å². The summed E-state index contributed by atoms with van der Waals surface area (Å²) in [6, 6.07) is 10.6. The van der Waals surface area contributed by atoms with E-state index < -0.39 is 10.7 Å². The molecule has 6 heteroatoms. The molecule has 0 aromatic heterocycles. The zero-order valence-corrected chi connectivity index (χ0v) is 10.6. The molecular weight excluding hydrogens is 269 g/mol. The molecule has 0 bridgehead atoms. The SMILES string of the molecule is O=[N+]([O-])c1ccc(Sc2ccc(CO)cc2)c(F)c1. The monoisotopic (exact) mass is 279 g/mol. The van der Waals surface area contributed by atoms with E-state index >= 15 is 0 Å². The highest BCUT2D eigenvalue weighted by atomic mass is 32.2. The number of aliphatic hydroxyl groups excluding tert-OH is 1. The summed E-state index contributed by atoms with van der Waals surface area (Å²) < 4.78 is 13.7. The highest BCUT2D eigenvalue weighted by Gasteiger charge is 2.11. The number of aliphatic hydroxyl groups is 1. The van der Waals surface area contributed by atoms with E-state index in [1.807, 2.05) is 0 Å². The van der Waals surface area contributed by atoms with Gasteiger partial charge in [-0.25, -0.2) is 4.39 Å². The maximum atomic E-state index is 13.7. The lowest BCUT2D eigenvalue weighted by Crippen LogP contribution is -1.90. The molecule has 0 heterocycles. The van der Waals surface area contributed by atoms with Gasteiger partial charge in [0.15, 0.2) is 0 Å². The molecule has 0 aliphatic carbocycles. The molecule has 2 aromatic carbocycles. The molecule has 2 aromatic rings. The van der Waals surface area contributed by atoms with Crippen molar-refractivity contribution in [2.75, 3.05) is 0 Å². The maximum absolute atomic E-state index is 13.7. The second-order valence-electron chi connectivity index (χ2n) is 3.78. The third-order valence-electron chi connectivity index (χ3n) is 2.46. The summed E-state index contributed by atoms with van der Waals surface area (Å²) in [4.78, 5) is 11.0. The Morgan fingerprint density at radius 1 is 1.21 bits per heavy atom. The van der Waals surface area contributed by atoms with Crippen LogP contribution in [0.1, 0.15) is 5.56 Å². The zero-order valence-electron chi connectivity index (χ0n) is 9.75. The highest BCUT2D eigenvalue weighted by molar-refractivity contribution is 7.99. The molecule has 4 nitrogen and oxygen atoms in total. The van der Waals surface area contributed by atoms with Gasteiger partial charge in [0.25, 0.3) is 5.69 Å². The molecule has 0 aliphatic rings. The van der Waals surface area contributed by atoms with E-state index in [4.69, 9.17) is 5.11 Å². The van der Waals surface area contributed by atoms with Crippen molar-refractivity contribution < 1.29 is 14.4 Å². The van der Waals surface area contributed by atoms with Crippen molar-refractivity contribution in [1.82, 2.24) is 0 Å². The molecule has 0 saturated carbocycles. The minimum Gasteiger partial charge on any atom is -0.392 e. The van der Waals surface area contributed by atoms with Crippen LogP contribution < -0.4 is 0 Å². The van der Waals surface area contributed by atoms with E-state index in [0.717, 1.165) is 16.5 Å². The highest BCUT2D eigenvalue weighted by Crippen LogP contribution is 2.31. The van der Waals surface area contributed by atoms with Crippen LogP contribution in [0, 0.1) is 15.9 Å². The van der Waals surface area contributed by atoms with Crippen molar-refractivity contribution in [2.24, 2.45) is 0 Å². The predicted octanol–water partition coefficient (Wildman–Crippen LogP) is 3.38. The number of hydrogen-bond acceptors (Lipinski definition) is 4. The van der Waals surface area contributed by atoms with Crippen molar-refractivity contribution in [2.45, 2.75) is 16.4 Å². The topological polar surface area (TPSA) is 63.4 Å². The number of non-ortho nitro benzene ring substituents is 1. The molecule has 0 radical (unpaired) electrons. The van der Waals surface area contributed by atoms with Gasteiger partial charge < -0.3 is 5.11 Å². The van der Waals surface area contributed by atoms with Crippen LogP contribution in [-0.4, -0.2) is 10.0 Å². The lowest BCUT2D eigenvalue weighted by atomic mass is 10.2. The van der Waals surface area contributed by atoms with Gasteiger partial charge in [-0.15, -0.1) is 0 Å². The van der Waals surface area contributed by atoms with E-state index in [9.17, 15) is 14.5 Å². The third kappa shape index (κ3) is 3.30. The number of nitro benzene ring substituents is 1. The first-order valence-electron chi connectivity index (χ1n) is 5.42. The van der Waals surface area contributed by atoms with Crippen molar-refractivity contribution in [1.29, 1.82) is 0 Å². The number of hydrogen-bond donors (Lipinski definition) is 1. The largest absolute Gasteiger partial charge is 0.392 e. The fraction of sp³-hybridized carbons (Fsp3) is 0.0769. The molecule has 98 valence electrons. The van der Waals surface area contributed by atoms with Crippen molar-refractivity contribution in [3.63, 3.8) is 0 Å². The lowest BCUT2D eigenvalue weighted by molar-refractivity contribution is -0.385. The van der Waals surface area contributed by atoms with Gasteiger partial charge in [0.2, 0.25) is 0 Å². The van der Waals surface area contributed by atoms with Gasteiger partial charge in [0.1, 0.15) is 5.82 Å². The van der Waals surface area contributed by atoms with E-state index in [2.05, 4.69) is 0 Å². The average Bonchev–Trinajstić information content (AvgIpc) is 2.41. The molecule has 0 aliphatic heterocycles. The molecule has 0 unspecified atom stereocenters. The number of nitrogens with zero attached hydrogens (tertiary/aromatic N) is 1. The standard InChI is InChI=1S/C13H10FNO3S/c14-12-7-10(15(17)18)3-6-13(12)19-11-4-1-9(8-16)2-5-11/h1-7,16H,8H2. The molecule has 0 spiro atoms. The first-order valence-corrected chi connectivity index (χ1v) is 6.23. The van der Waals surface area contributed by atoms with Crippen LogP contribution in [0.15, 0.2) is 52.3 Å². The molecule has 2 rings (SSSR count). The summed E-state index contributed by atoms with van der Waals surface area (Å²) in [5.41, 5.74) is 0.506. The van der Waals surface area contributed by atoms with E-state index in [0.29, 0.717) is 4.90 Å². The van der Waals surface area contributed by atoms with Crippen LogP contribution in [0.4, 0.5) is 10.1 Å². The minimum absolute atomic E-state index is 0.0448.